The maximum absolute atomic E-state index is 5.37. The number of nitrogens with one attached hydrogen (secondary N) is 1. The summed E-state index contributed by atoms with van der Waals surface area (Å²) in [5.41, 5.74) is 1.33. The van der Waals surface area contributed by atoms with E-state index in [0.717, 1.165) is 49.7 Å². The maximum atomic E-state index is 5.37. The lowest BCUT2D eigenvalue weighted by atomic mass is 10.2. The van der Waals surface area contributed by atoms with Crippen LogP contribution in [0.2, 0.25) is 0 Å². The minimum Gasteiger partial charge on any atom is -0.379 e. The molecule has 0 amide bonds. The number of hydrogen-bond donors (Lipinski definition) is 1. The fraction of sp³-hybridized carbons (Fsp3) is 0.615. The molecule has 0 spiro atoms. The summed E-state index contributed by atoms with van der Waals surface area (Å²) in [5, 5.41) is 8.17. The third-order valence-corrected chi connectivity index (χ3v) is 3.68. The molecular weight excluding hydrogens is 258 g/mol. The van der Waals surface area contributed by atoms with Crippen molar-refractivity contribution >= 4 is 16.9 Å². The molecule has 3 heterocycles. The second-order valence-electron chi connectivity index (χ2n) is 5.05. The highest BCUT2D eigenvalue weighted by Gasteiger charge is 2.18. The number of morpholine rings is 1. The van der Waals surface area contributed by atoms with Crippen molar-refractivity contribution in [3.63, 3.8) is 0 Å². The van der Waals surface area contributed by atoms with Crippen LogP contribution in [0, 0.1) is 6.92 Å². The van der Waals surface area contributed by atoms with E-state index in [1.807, 2.05) is 6.92 Å². The standard InChI is InChI=1S/C13H19N5O2/c1-9(18-3-5-19-6-4-18)7-14-12-11-10(2)17-20-13(11)16-8-15-12/h8-9H,3-7H2,1-2H3,(H,14,15,16)/t9-/m0/s1. The highest BCUT2D eigenvalue weighted by atomic mass is 16.5. The van der Waals surface area contributed by atoms with E-state index in [0.29, 0.717) is 11.8 Å². The Hall–Kier alpha value is -1.73. The minimum atomic E-state index is 0.420. The summed E-state index contributed by atoms with van der Waals surface area (Å²) in [6, 6.07) is 0.420. The molecule has 0 bridgehead atoms. The van der Waals surface area contributed by atoms with E-state index in [1.54, 1.807) is 0 Å². The number of nitrogens with zero attached hydrogens (tertiary/aromatic N) is 4. The van der Waals surface area contributed by atoms with Gasteiger partial charge in [0.2, 0.25) is 0 Å². The smallest absolute Gasteiger partial charge is 0.263 e. The van der Waals surface area contributed by atoms with Crippen molar-refractivity contribution in [1.82, 2.24) is 20.0 Å². The van der Waals surface area contributed by atoms with Gasteiger partial charge in [-0.3, -0.25) is 4.90 Å². The molecule has 0 unspecified atom stereocenters. The summed E-state index contributed by atoms with van der Waals surface area (Å²) in [5.74, 6) is 0.786. The van der Waals surface area contributed by atoms with Gasteiger partial charge in [-0.05, 0) is 13.8 Å². The van der Waals surface area contributed by atoms with Crippen LogP contribution in [0.25, 0.3) is 11.1 Å². The number of ether oxygens (including phenoxy) is 1. The molecule has 1 aliphatic rings. The summed E-state index contributed by atoms with van der Waals surface area (Å²) in [7, 11) is 0. The molecule has 1 N–H and O–H groups in total. The van der Waals surface area contributed by atoms with Crippen LogP contribution in [0.4, 0.5) is 5.82 Å². The predicted molar refractivity (Wildman–Crippen MR) is 74.7 cm³/mol. The number of anilines is 1. The molecule has 1 fully saturated rings. The Morgan fingerprint density at radius 1 is 1.35 bits per heavy atom. The average molecular weight is 277 g/mol. The molecule has 108 valence electrons. The Bertz CT molecular complexity index is 579. The largest absolute Gasteiger partial charge is 0.379 e. The van der Waals surface area contributed by atoms with Crippen molar-refractivity contribution in [1.29, 1.82) is 0 Å². The van der Waals surface area contributed by atoms with Crippen LogP contribution in [-0.2, 0) is 4.74 Å². The van der Waals surface area contributed by atoms with Gasteiger partial charge in [0.1, 0.15) is 17.5 Å². The first-order valence-electron chi connectivity index (χ1n) is 6.88. The van der Waals surface area contributed by atoms with Gasteiger partial charge < -0.3 is 14.6 Å². The Balaban J connectivity index is 1.68. The molecule has 3 rings (SSSR count). The molecule has 20 heavy (non-hydrogen) atoms. The minimum absolute atomic E-state index is 0.420. The monoisotopic (exact) mass is 277 g/mol. The van der Waals surface area contributed by atoms with Crippen molar-refractivity contribution < 1.29 is 9.26 Å². The van der Waals surface area contributed by atoms with Gasteiger partial charge in [-0.25, -0.2) is 4.98 Å². The molecule has 0 saturated carbocycles. The lowest BCUT2D eigenvalue weighted by Crippen LogP contribution is -2.45. The summed E-state index contributed by atoms with van der Waals surface area (Å²) in [6.45, 7) is 8.50. The van der Waals surface area contributed by atoms with Crippen molar-refractivity contribution in [3.8, 4) is 0 Å². The Labute approximate surface area is 117 Å². The van der Waals surface area contributed by atoms with Crippen LogP contribution >= 0.6 is 0 Å². The first-order valence-corrected chi connectivity index (χ1v) is 6.88. The summed E-state index contributed by atoms with van der Waals surface area (Å²) >= 11 is 0. The van der Waals surface area contributed by atoms with E-state index in [4.69, 9.17) is 9.26 Å². The van der Waals surface area contributed by atoms with E-state index in [9.17, 15) is 0 Å². The topological polar surface area (TPSA) is 76.3 Å². The summed E-state index contributed by atoms with van der Waals surface area (Å²) in [4.78, 5) is 10.8. The first-order chi connectivity index (χ1) is 9.75. The Kier molecular flexibility index (Phi) is 3.79. The molecule has 1 saturated heterocycles. The van der Waals surface area contributed by atoms with Crippen molar-refractivity contribution in [2.24, 2.45) is 0 Å². The normalized spacial score (nSPS) is 18.3. The zero-order chi connectivity index (χ0) is 13.9. The van der Waals surface area contributed by atoms with Crippen molar-refractivity contribution in [2.45, 2.75) is 19.9 Å². The van der Waals surface area contributed by atoms with E-state index >= 15 is 0 Å². The number of hydrogen-bond acceptors (Lipinski definition) is 7. The van der Waals surface area contributed by atoms with Gasteiger partial charge in [0.05, 0.1) is 18.9 Å². The van der Waals surface area contributed by atoms with Gasteiger partial charge >= 0.3 is 0 Å². The molecule has 7 nitrogen and oxygen atoms in total. The van der Waals surface area contributed by atoms with Crippen LogP contribution < -0.4 is 5.32 Å². The second kappa shape index (κ2) is 5.72. The molecule has 1 atom stereocenters. The Morgan fingerprint density at radius 3 is 2.95 bits per heavy atom. The van der Waals surface area contributed by atoms with E-state index in [1.165, 1.54) is 6.33 Å². The molecule has 0 aromatic carbocycles. The zero-order valence-corrected chi connectivity index (χ0v) is 11.8. The molecule has 2 aromatic heterocycles. The van der Waals surface area contributed by atoms with Gasteiger partial charge in [0, 0.05) is 25.7 Å². The summed E-state index contributed by atoms with van der Waals surface area (Å²) < 4.78 is 10.5. The summed E-state index contributed by atoms with van der Waals surface area (Å²) in [6.07, 6.45) is 1.49. The molecule has 7 heteroatoms. The second-order valence-corrected chi connectivity index (χ2v) is 5.05. The number of rotatable bonds is 4. The van der Waals surface area contributed by atoms with Crippen LogP contribution in [0.15, 0.2) is 10.9 Å². The van der Waals surface area contributed by atoms with Gasteiger partial charge in [0.25, 0.3) is 5.71 Å². The first kappa shape index (κ1) is 13.3. The Morgan fingerprint density at radius 2 is 2.15 bits per heavy atom. The van der Waals surface area contributed by atoms with Crippen molar-refractivity contribution in [3.05, 3.63) is 12.0 Å². The SMILES string of the molecule is Cc1noc2ncnc(NC[C@H](C)N3CCOCC3)c12. The molecule has 1 aliphatic heterocycles. The maximum Gasteiger partial charge on any atom is 0.263 e. The van der Waals surface area contributed by atoms with E-state index in [2.05, 4.69) is 32.3 Å². The lowest BCUT2D eigenvalue weighted by Gasteiger charge is -2.32. The van der Waals surface area contributed by atoms with Crippen LogP contribution in [0.3, 0.4) is 0 Å². The zero-order valence-electron chi connectivity index (χ0n) is 11.8. The number of aryl methyl sites for hydroxylation is 1. The fourth-order valence-electron chi connectivity index (χ4n) is 2.45. The van der Waals surface area contributed by atoms with E-state index < -0.39 is 0 Å². The van der Waals surface area contributed by atoms with E-state index in [-0.39, 0.29) is 0 Å². The third kappa shape index (κ3) is 2.59. The number of fused-ring (bicyclic) bond motifs is 1. The highest BCUT2D eigenvalue weighted by Crippen LogP contribution is 2.22. The quantitative estimate of drug-likeness (QED) is 0.895. The van der Waals surface area contributed by atoms with Gasteiger partial charge in [0.15, 0.2) is 0 Å². The van der Waals surface area contributed by atoms with Crippen LogP contribution in [-0.4, -0.2) is 58.9 Å². The van der Waals surface area contributed by atoms with Crippen LogP contribution in [0.5, 0.6) is 0 Å². The van der Waals surface area contributed by atoms with Gasteiger partial charge in [-0.15, -0.1) is 0 Å². The van der Waals surface area contributed by atoms with Gasteiger partial charge in [-0.1, -0.05) is 5.16 Å². The highest BCUT2D eigenvalue weighted by molar-refractivity contribution is 5.87. The lowest BCUT2D eigenvalue weighted by molar-refractivity contribution is 0.0227. The fourth-order valence-corrected chi connectivity index (χ4v) is 2.45. The third-order valence-electron chi connectivity index (χ3n) is 3.68. The molecule has 2 aromatic rings. The van der Waals surface area contributed by atoms with Crippen LogP contribution in [0.1, 0.15) is 12.6 Å². The average Bonchev–Trinajstić information content (AvgIpc) is 2.88. The predicted octanol–water partition coefficient (Wildman–Crippen LogP) is 1.06. The molecule has 0 radical (unpaired) electrons. The number of aromatic nitrogens is 3. The van der Waals surface area contributed by atoms with Crippen molar-refractivity contribution in [2.75, 3.05) is 38.2 Å². The molecule has 0 aliphatic carbocycles. The van der Waals surface area contributed by atoms with Gasteiger partial charge in [-0.2, -0.15) is 4.98 Å². The molecular formula is C13H19N5O2.